The minimum Gasteiger partial charge on any atom is -0.374 e. The summed E-state index contributed by atoms with van der Waals surface area (Å²) in [4.78, 5) is 2.59. The van der Waals surface area contributed by atoms with Gasteiger partial charge in [0.15, 0.2) is 0 Å². The monoisotopic (exact) mass is 286 g/mol. The first-order valence-corrected chi connectivity index (χ1v) is 8.61. The molecule has 3 fully saturated rings. The summed E-state index contributed by atoms with van der Waals surface area (Å²) < 4.78 is 5.98. The van der Waals surface area contributed by atoms with E-state index in [4.69, 9.17) is 4.74 Å². The van der Waals surface area contributed by atoms with Gasteiger partial charge in [0, 0.05) is 24.8 Å². The molecule has 0 aromatic heterocycles. The number of anilines is 1. The van der Waals surface area contributed by atoms with Crippen LogP contribution in [0.2, 0.25) is 0 Å². The fourth-order valence-corrected chi connectivity index (χ4v) is 3.77. The molecule has 4 rings (SSSR count). The highest BCUT2D eigenvalue weighted by molar-refractivity contribution is 5.49. The van der Waals surface area contributed by atoms with Gasteiger partial charge in [-0.05, 0) is 43.4 Å². The van der Waals surface area contributed by atoms with E-state index in [1.165, 1.54) is 49.8 Å². The first-order valence-electron chi connectivity index (χ1n) is 8.61. The fraction of sp³-hybridized carbons (Fsp3) is 0.667. The minimum atomic E-state index is 0.462. The Labute approximate surface area is 127 Å². The van der Waals surface area contributed by atoms with Gasteiger partial charge < -0.3 is 15.0 Å². The van der Waals surface area contributed by atoms with Crippen LogP contribution in [-0.4, -0.2) is 31.3 Å². The van der Waals surface area contributed by atoms with Crippen LogP contribution in [0.5, 0.6) is 0 Å². The maximum Gasteiger partial charge on any atom is 0.0779 e. The van der Waals surface area contributed by atoms with E-state index < -0.39 is 0 Å². The molecule has 3 nitrogen and oxygen atoms in total. The van der Waals surface area contributed by atoms with Crippen molar-refractivity contribution < 1.29 is 4.74 Å². The number of nitrogens with one attached hydrogen (secondary N) is 1. The van der Waals surface area contributed by atoms with Gasteiger partial charge in [0.1, 0.15) is 0 Å². The van der Waals surface area contributed by atoms with Crippen molar-refractivity contribution in [2.75, 3.05) is 18.1 Å². The second-order valence-corrected chi connectivity index (χ2v) is 6.78. The summed E-state index contributed by atoms with van der Waals surface area (Å²) in [7, 11) is 0. The highest BCUT2D eigenvalue weighted by Crippen LogP contribution is 2.32. The van der Waals surface area contributed by atoms with E-state index in [1.807, 2.05) is 0 Å². The van der Waals surface area contributed by atoms with Crippen LogP contribution in [0.1, 0.15) is 44.1 Å². The molecule has 2 unspecified atom stereocenters. The fourth-order valence-electron chi connectivity index (χ4n) is 3.77. The summed E-state index contributed by atoms with van der Waals surface area (Å²) in [6.45, 7) is 2.94. The number of ether oxygens (including phenoxy) is 1. The van der Waals surface area contributed by atoms with Crippen LogP contribution < -0.4 is 10.2 Å². The number of hydrogen-bond donors (Lipinski definition) is 1. The lowest BCUT2D eigenvalue weighted by Gasteiger charge is -2.45. The molecule has 2 saturated carbocycles. The summed E-state index contributed by atoms with van der Waals surface area (Å²) in [6.07, 6.45) is 8.39. The molecule has 1 N–H and O–H groups in total. The average molecular weight is 286 g/mol. The van der Waals surface area contributed by atoms with Gasteiger partial charge in [0.2, 0.25) is 0 Å². The smallest absolute Gasteiger partial charge is 0.0779 e. The first kappa shape index (κ1) is 13.6. The first-order chi connectivity index (χ1) is 10.4. The Morgan fingerprint density at radius 2 is 1.86 bits per heavy atom. The largest absolute Gasteiger partial charge is 0.374 e. The Kier molecular flexibility index (Phi) is 3.87. The van der Waals surface area contributed by atoms with E-state index in [-0.39, 0.29) is 0 Å². The lowest BCUT2D eigenvalue weighted by Crippen LogP contribution is -2.52. The predicted octanol–water partition coefficient (Wildman–Crippen LogP) is 3.09. The maximum absolute atomic E-state index is 5.98. The number of benzene rings is 1. The molecule has 1 aliphatic heterocycles. The number of fused-ring (bicyclic) bond motifs is 1. The van der Waals surface area contributed by atoms with Crippen molar-refractivity contribution in [3.8, 4) is 0 Å². The Bertz CT molecular complexity index is 467. The Hall–Kier alpha value is -1.06. The van der Waals surface area contributed by atoms with Crippen LogP contribution in [0.3, 0.4) is 0 Å². The van der Waals surface area contributed by atoms with E-state index in [0.29, 0.717) is 12.1 Å². The quantitative estimate of drug-likeness (QED) is 0.920. The minimum absolute atomic E-state index is 0.462. The molecule has 3 heteroatoms. The molecule has 114 valence electrons. The third-order valence-electron chi connectivity index (χ3n) is 5.17. The molecule has 0 amide bonds. The van der Waals surface area contributed by atoms with Gasteiger partial charge in [-0.1, -0.05) is 25.0 Å². The lowest BCUT2D eigenvalue weighted by atomic mass is 9.89. The SMILES string of the molecule is c1cc(N2CCOC3CCCCC32)ccc1CNC1CC1. The van der Waals surface area contributed by atoms with Gasteiger partial charge in [0.25, 0.3) is 0 Å². The summed E-state index contributed by atoms with van der Waals surface area (Å²) in [5.74, 6) is 0. The number of nitrogens with zero attached hydrogens (tertiary/aromatic N) is 1. The van der Waals surface area contributed by atoms with Crippen LogP contribution in [0.15, 0.2) is 24.3 Å². The molecule has 2 aliphatic carbocycles. The average Bonchev–Trinajstić information content (AvgIpc) is 3.37. The lowest BCUT2D eigenvalue weighted by molar-refractivity contribution is -0.00867. The van der Waals surface area contributed by atoms with Crippen molar-refractivity contribution >= 4 is 5.69 Å². The van der Waals surface area contributed by atoms with Gasteiger partial charge in [-0.25, -0.2) is 0 Å². The highest BCUT2D eigenvalue weighted by atomic mass is 16.5. The number of hydrogen-bond acceptors (Lipinski definition) is 3. The van der Waals surface area contributed by atoms with Crippen molar-refractivity contribution in [2.24, 2.45) is 0 Å². The maximum atomic E-state index is 5.98. The molecule has 0 bridgehead atoms. The normalized spacial score (nSPS) is 29.2. The second-order valence-electron chi connectivity index (χ2n) is 6.78. The Morgan fingerprint density at radius 1 is 1.05 bits per heavy atom. The molecule has 1 heterocycles. The molecule has 1 aromatic rings. The van der Waals surface area contributed by atoms with E-state index >= 15 is 0 Å². The Balaban J connectivity index is 1.43. The summed E-state index contributed by atoms with van der Waals surface area (Å²) >= 11 is 0. The van der Waals surface area contributed by atoms with Crippen molar-refractivity contribution in [1.82, 2.24) is 5.32 Å². The van der Waals surface area contributed by atoms with Gasteiger partial charge in [-0.15, -0.1) is 0 Å². The third kappa shape index (κ3) is 3.09. The van der Waals surface area contributed by atoms with Gasteiger partial charge in [-0.2, -0.15) is 0 Å². The zero-order chi connectivity index (χ0) is 14.1. The zero-order valence-electron chi connectivity index (χ0n) is 12.8. The van der Waals surface area contributed by atoms with Crippen molar-refractivity contribution in [3.05, 3.63) is 29.8 Å². The van der Waals surface area contributed by atoms with Crippen molar-refractivity contribution in [2.45, 2.75) is 63.3 Å². The Morgan fingerprint density at radius 3 is 2.67 bits per heavy atom. The molecule has 1 saturated heterocycles. The molecule has 0 radical (unpaired) electrons. The van der Waals surface area contributed by atoms with Gasteiger partial charge in [0.05, 0.1) is 18.8 Å². The summed E-state index contributed by atoms with van der Waals surface area (Å²) in [5, 5.41) is 3.58. The van der Waals surface area contributed by atoms with Gasteiger partial charge >= 0.3 is 0 Å². The van der Waals surface area contributed by atoms with Crippen LogP contribution >= 0.6 is 0 Å². The molecule has 21 heavy (non-hydrogen) atoms. The highest BCUT2D eigenvalue weighted by Gasteiger charge is 2.34. The molecule has 1 aromatic carbocycles. The van der Waals surface area contributed by atoms with E-state index in [9.17, 15) is 0 Å². The number of morpholine rings is 1. The van der Waals surface area contributed by atoms with Crippen LogP contribution in [0.25, 0.3) is 0 Å². The molecular formula is C18H26N2O. The molecule has 3 aliphatic rings. The molecule has 2 atom stereocenters. The van der Waals surface area contributed by atoms with Crippen molar-refractivity contribution in [3.63, 3.8) is 0 Å². The third-order valence-corrected chi connectivity index (χ3v) is 5.17. The zero-order valence-corrected chi connectivity index (χ0v) is 12.8. The second kappa shape index (κ2) is 5.98. The standard InChI is InChI=1S/C18H26N2O/c1-2-4-18-17(3-1)20(11-12-21-18)16-9-5-14(6-10-16)13-19-15-7-8-15/h5-6,9-10,15,17-19H,1-4,7-8,11-13H2. The van der Waals surface area contributed by atoms with E-state index in [0.717, 1.165) is 25.7 Å². The van der Waals surface area contributed by atoms with Crippen LogP contribution in [0, 0.1) is 0 Å². The summed E-state index contributed by atoms with van der Waals surface area (Å²) in [5.41, 5.74) is 2.78. The number of rotatable bonds is 4. The molecule has 0 spiro atoms. The molecular weight excluding hydrogens is 260 g/mol. The predicted molar refractivity (Wildman–Crippen MR) is 85.6 cm³/mol. The van der Waals surface area contributed by atoms with Crippen LogP contribution in [-0.2, 0) is 11.3 Å². The van der Waals surface area contributed by atoms with Crippen LogP contribution in [0.4, 0.5) is 5.69 Å². The summed E-state index contributed by atoms with van der Waals surface area (Å²) in [6, 6.07) is 10.6. The topological polar surface area (TPSA) is 24.5 Å². The van der Waals surface area contributed by atoms with Gasteiger partial charge in [-0.3, -0.25) is 0 Å². The van der Waals surface area contributed by atoms with E-state index in [1.54, 1.807) is 0 Å². The van der Waals surface area contributed by atoms with Crippen molar-refractivity contribution in [1.29, 1.82) is 0 Å². The van der Waals surface area contributed by atoms with E-state index in [2.05, 4.69) is 34.5 Å².